The van der Waals surface area contributed by atoms with Gasteiger partial charge in [-0.15, -0.1) is 0 Å². The molecule has 0 aromatic heterocycles. The van der Waals surface area contributed by atoms with Crippen molar-refractivity contribution in [2.24, 2.45) is 0 Å². The highest BCUT2D eigenvalue weighted by molar-refractivity contribution is 7.79. The van der Waals surface area contributed by atoms with Crippen molar-refractivity contribution in [1.82, 2.24) is 0 Å². The van der Waals surface area contributed by atoms with E-state index in [0.717, 1.165) is 12.1 Å². The molecule has 0 saturated heterocycles. The van der Waals surface area contributed by atoms with E-state index in [1.54, 1.807) is 6.07 Å². The summed E-state index contributed by atoms with van der Waals surface area (Å²) in [5.74, 6) is -0.546. The molecule has 0 amide bonds. The quantitative estimate of drug-likeness (QED) is 0.786. The maximum Gasteiger partial charge on any atom is 0.123 e. The molecule has 0 aliphatic heterocycles. The Morgan fingerprint density at radius 2 is 1.78 bits per heavy atom. The van der Waals surface area contributed by atoms with Crippen LogP contribution in [0.15, 0.2) is 41.3 Å². The molecule has 18 heavy (non-hydrogen) atoms. The normalized spacial score (nSPS) is 12.4. The molecule has 2 rings (SSSR count). The summed E-state index contributed by atoms with van der Waals surface area (Å²) in [5, 5.41) is 0.693. The molecule has 0 heterocycles. The number of benzene rings is 2. The van der Waals surface area contributed by atoms with E-state index in [-0.39, 0.29) is 10.5 Å². The predicted molar refractivity (Wildman–Crippen MR) is 69.0 cm³/mol. The van der Waals surface area contributed by atoms with Crippen LogP contribution in [0, 0.1) is 5.82 Å². The van der Waals surface area contributed by atoms with E-state index in [2.05, 4.69) is 0 Å². The van der Waals surface area contributed by atoms with Gasteiger partial charge in [0.15, 0.2) is 0 Å². The molecule has 2 aromatic rings. The number of hydrogen-bond donors (Lipinski definition) is 0. The molecule has 94 valence electrons. The van der Waals surface area contributed by atoms with Crippen LogP contribution in [0.1, 0.15) is 0 Å². The highest BCUT2D eigenvalue weighted by Crippen LogP contribution is 2.34. The van der Waals surface area contributed by atoms with Crippen molar-refractivity contribution in [3.8, 4) is 11.1 Å². The van der Waals surface area contributed by atoms with Crippen LogP contribution in [0.4, 0.5) is 4.39 Å². The lowest BCUT2D eigenvalue weighted by molar-refractivity contribution is 0.537. The van der Waals surface area contributed by atoms with Crippen molar-refractivity contribution in [3.63, 3.8) is 0 Å². The summed E-state index contributed by atoms with van der Waals surface area (Å²) in [6, 6.07) is 7.97. The first-order chi connectivity index (χ1) is 8.49. The molecule has 0 saturated carbocycles. The second kappa shape index (κ2) is 5.36. The Morgan fingerprint density at radius 1 is 1.06 bits per heavy atom. The van der Waals surface area contributed by atoms with E-state index in [0.29, 0.717) is 15.6 Å². The summed E-state index contributed by atoms with van der Waals surface area (Å²) in [6.45, 7) is 0. The van der Waals surface area contributed by atoms with Crippen LogP contribution < -0.4 is 0 Å². The lowest BCUT2D eigenvalue weighted by atomic mass is 10.1. The molecular weight excluding hydrogens is 298 g/mol. The second-order valence-electron chi connectivity index (χ2n) is 3.50. The molecule has 0 radical (unpaired) electrons. The maximum absolute atomic E-state index is 13.3. The molecule has 2 nitrogen and oxygen atoms in total. The molecule has 1 unspecified atom stereocenters. The molecular formula is C12H6Cl2FO2S-. The van der Waals surface area contributed by atoms with E-state index in [4.69, 9.17) is 23.2 Å². The molecule has 1 atom stereocenters. The summed E-state index contributed by atoms with van der Waals surface area (Å²) in [6.07, 6.45) is 0. The van der Waals surface area contributed by atoms with Gasteiger partial charge in [-0.1, -0.05) is 23.2 Å². The van der Waals surface area contributed by atoms with E-state index >= 15 is 0 Å². The Labute approximate surface area is 116 Å². The van der Waals surface area contributed by atoms with Crippen molar-refractivity contribution in [1.29, 1.82) is 0 Å². The third-order valence-electron chi connectivity index (χ3n) is 2.34. The van der Waals surface area contributed by atoms with Crippen LogP contribution in [0.3, 0.4) is 0 Å². The Balaban J connectivity index is 2.73. The van der Waals surface area contributed by atoms with E-state index in [1.807, 2.05) is 0 Å². The van der Waals surface area contributed by atoms with Crippen LogP contribution in [0.5, 0.6) is 0 Å². The Bertz CT molecular complexity index is 631. The molecule has 0 aliphatic rings. The lowest BCUT2D eigenvalue weighted by Crippen LogP contribution is -1.95. The molecule has 6 heteroatoms. The van der Waals surface area contributed by atoms with E-state index < -0.39 is 16.9 Å². The van der Waals surface area contributed by atoms with Gasteiger partial charge in [-0.05, 0) is 47.5 Å². The zero-order valence-electron chi connectivity index (χ0n) is 8.82. The molecule has 2 aromatic carbocycles. The first kappa shape index (κ1) is 13.5. The average Bonchev–Trinajstić information content (AvgIpc) is 2.31. The first-order valence-corrected chi connectivity index (χ1v) is 6.66. The zero-order valence-corrected chi connectivity index (χ0v) is 11.2. The summed E-state index contributed by atoms with van der Waals surface area (Å²) >= 11 is 9.33. The van der Waals surface area contributed by atoms with Gasteiger partial charge in [0, 0.05) is 26.1 Å². The average molecular weight is 304 g/mol. The SMILES string of the molecule is O=S([O-])c1ccc(F)cc1-c1cc(Cl)ccc1Cl. The fourth-order valence-corrected chi connectivity index (χ4v) is 2.48. The Morgan fingerprint density at radius 3 is 2.44 bits per heavy atom. The minimum absolute atomic E-state index is 0.0273. The fraction of sp³-hybridized carbons (Fsp3) is 0. The maximum atomic E-state index is 13.3. The van der Waals surface area contributed by atoms with Crippen LogP contribution in [-0.4, -0.2) is 8.76 Å². The number of hydrogen-bond acceptors (Lipinski definition) is 2. The monoisotopic (exact) mass is 303 g/mol. The van der Waals surface area contributed by atoms with Gasteiger partial charge in [0.2, 0.25) is 0 Å². The third-order valence-corrected chi connectivity index (χ3v) is 3.62. The van der Waals surface area contributed by atoms with Gasteiger partial charge < -0.3 is 4.55 Å². The van der Waals surface area contributed by atoms with E-state index in [1.165, 1.54) is 18.2 Å². The molecule has 0 bridgehead atoms. The van der Waals surface area contributed by atoms with Crippen molar-refractivity contribution >= 4 is 34.3 Å². The van der Waals surface area contributed by atoms with Crippen LogP contribution >= 0.6 is 23.2 Å². The minimum Gasteiger partial charge on any atom is -0.768 e. The van der Waals surface area contributed by atoms with Gasteiger partial charge in [-0.3, -0.25) is 4.21 Å². The fourth-order valence-electron chi connectivity index (χ4n) is 1.56. The van der Waals surface area contributed by atoms with Crippen molar-refractivity contribution in [2.45, 2.75) is 4.90 Å². The van der Waals surface area contributed by atoms with Crippen molar-refractivity contribution < 1.29 is 13.2 Å². The Kier molecular flexibility index (Phi) is 4.02. The van der Waals surface area contributed by atoms with Crippen LogP contribution in [0.2, 0.25) is 10.0 Å². The number of halogens is 3. The number of rotatable bonds is 2. The van der Waals surface area contributed by atoms with Gasteiger partial charge in [0.25, 0.3) is 0 Å². The largest absolute Gasteiger partial charge is 0.768 e. The molecule has 0 fully saturated rings. The third kappa shape index (κ3) is 2.72. The summed E-state index contributed by atoms with van der Waals surface area (Å²) < 4.78 is 35.5. The standard InChI is InChI=1S/C12H7Cl2FO2S/c13-7-1-3-11(14)9(5-7)10-6-8(15)2-4-12(10)18(16)17/h1-6H,(H,16,17)/p-1. The van der Waals surface area contributed by atoms with Gasteiger partial charge in [-0.2, -0.15) is 0 Å². The minimum atomic E-state index is -2.48. The van der Waals surface area contributed by atoms with Crippen LogP contribution in [-0.2, 0) is 11.1 Å². The first-order valence-electron chi connectivity index (χ1n) is 4.83. The molecule has 0 spiro atoms. The summed E-state index contributed by atoms with van der Waals surface area (Å²) in [4.78, 5) is -0.0273. The topological polar surface area (TPSA) is 40.1 Å². The smallest absolute Gasteiger partial charge is 0.123 e. The molecule has 0 N–H and O–H groups in total. The second-order valence-corrected chi connectivity index (χ2v) is 5.25. The Hall–Kier alpha value is -0.940. The molecule has 0 aliphatic carbocycles. The predicted octanol–water partition coefficient (Wildman–Crippen LogP) is 4.04. The van der Waals surface area contributed by atoms with E-state index in [9.17, 15) is 13.2 Å². The summed E-state index contributed by atoms with van der Waals surface area (Å²) in [5.41, 5.74) is 0.568. The summed E-state index contributed by atoms with van der Waals surface area (Å²) in [7, 11) is 0. The van der Waals surface area contributed by atoms with Gasteiger partial charge >= 0.3 is 0 Å². The highest BCUT2D eigenvalue weighted by Gasteiger charge is 2.11. The lowest BCUT2D eigenvalue weighted by Gasteiger charge is -2.13. The van der Waals surface area contributed by atoms with Crippen molar-refractivity contribution in [2.75, 3.05) is 0 Å². The van der Waals surface area contributed by atoms with Gasteiger partial charge in [0.1, 0.15) is 5.82 Å². The van der Waals surface area contributed by atoms with Gasteiger partial charge in [0.05, 0.1) is 0 Å². The zero-order chi connectivity index (χ0) is 13.3. The van der Waals surface area contributed by atoms with Crippen LogP contribution in [0.25, 0.3) is 11.1 Å². The van der Waals surface area contributed by atoms with Gasteiger partial charge in [-0.25, -0.2) is 4.39 Å². The highest BCUT2D eigenvalue weighted by atomic mass is 35.5. The van der Waals surface area contributed by atoms with Crippen molar-refractivity contribution in [3.05, 3.63) is 52.3 Å².